The number of alkyl halides is 1. The van der Waals surface area contributed by atoms with Crippen molar-refractivity contribution in [2.75, 3.05) is 5.33 Å². The molecule has 20 heavy (non-hydrogen) atoms. The van der Waals surface area contributed by atoms with Crippen LogP contribution in [0.25, 0.3) is 0 Å². The van der Waals surface area contributed by atoms with Gasteiger partial charge in [0.25, 0.3) is 0 Å². The van der Waals surface area contributed by atoms with Gasteiger partial charge in [-0.1, -0.05) is 48.8 Å². The molecule has 0 aliphatic heterocycles. The first-order valence-electron chi connectivity index (χ1n) is 7.65. The van der Waals surface area contributed by atoms with E-state index in [0.29, 0.717) is 10.8 Å². The zero-order chi connectivity index (χ0) is 14.8. The highest BCUT2D eigenvalue weighted by Gasteiger charge is 2.38. The van der Waals surface area contributed by atoms with E-state index in [1.165, 1.54) is 31.7 Å². The predicted octanol–water partition coefficient (Wildman–Crippen LogP) is 5.99. The van der Waals surface area contributed by atoms with Crippen molar-refractivity contribution in [3.05, 3.63) is 35.6 Å². The SMILES string of the molecule is CC(C)(C)C1CCC(CBr)(Cc2cccc(F)c2)CC1. The summed E-state index contributed by atoms with van der Waals surface area (Å²) >= 11 is 3.72. The van der Waals surface area contributed by atoms with E-state index in [1.807, 2.05) is 6.07 Å². The summed E-state index contributed by atoms with van der Waals surface area (Å²) in [5.41, 5.74) is 1.87. The van der Waals surface area contributed by atoms with E-state index in [4.69, 9.17) is 0 Å². The smallest absolute Gasteiger partial charge is 0.123 e. The minimum atomic E-state index is -0.115. The molecule has 0 saturated heterocycles. The third-order valence-electron chi connectivity index (χ3n) is 5.02. The van der Waals surface area contributed by atoms with Crippen molar-refractivity contribution in [2.24, 2.45) is 16.7 Å². The Kier molecular flexibility index (Phi) is 4.94. The van der Waals surface area contributed by atoms with Gasteiger partial charge in [0.1, 0.15) is 5.82 Å². The van der Waals surface area contributed by atoms with Crippen molar-refractivity contribution in [3.8, 4) is 0 Å². The number of halogens is 2. The molecule has 1 aliphatic carbocycles. The summed E-state index contributed by atoms with van der Waals surface area (Å²) in [5.74, 6) is 0.706. The summed E-state index contributed by atoms with van der Waals surface area (Å²) in [5, 5.41) is 1.02. The predicted molar refractivity (Wildman–Crippen MR) is 87.7 cm³/mol. The second kappa shape index (κ2) is 6.17. The van der Waals surface area contributed by atoms with Crippen LogP contribution < -0.4 is 0 Å². The average molecular weight is 341 g/mol. The fourth-order valence-corrected chi connectivity index (χ4v) is 4.29. The van der Waals surface area contributed by atoms with Crippen molar-refractivity contribution >= 4 is 15.9 Å². The maximum Gasteiger partial charge on any atom is 0.123 e. The first-order valence-corrected chi connectivity index (χ1v) is 8.77. The minimum absolute atomic E-state index is 0.115. The molecule has 1 fully saturated rings. The lowest BCUT2D eigenvalue weighted by atomic mass is 9.63. The van der Waals surface area contributed by atoms with Gasteiger partial charge in [-0.05, 0) is 66.5 Å². The van der Waals surface area contributed by atoms with Crippen LogP contribution in [0.2, 0.25) is 0 Å². The van der Waals surface area contributed by atoms with Crippen molar-refractivity contribution < 1.29 is 4.39 Å². The Morgan fingerprint density at radius 1 is 1.25 bits per heavy atom. The maximum absolute atomic E-state index is 13.4. The highest BCUT2D eigenvalue weighted by molar-refractivity contribution is 9.09. The number of rotatable bonds is 3. The summed E-state index contributed by atoms with van der Waals surface area (Å²) in [6, 6.07) is 7.11. The minimum Gasteiger partial charge on any atom is -0.207 e. The summed E-state index contributed by atoms with van der Waals surface area (Å²) < 4.78 is 13.4. The van der Waals surface area contributed by atoms with Crippen LogP contribution in [0.1, 0.15) is 52.0 Å². The molecule has 0 heterocycles. The molecule has 0 radical (unpaired) electrons. The highest BCUT2D eigenvalue weighted by Crippen LogP contribution is 2.47. The number of hydrogen-bond donors (Lipinski definition) is 0. The molecule has 1 aliphatic rings. The molecule has 2 rings (SSSR count). The lowest BCUT2D eigenvalue weighted by Crippen LogP contribution is -2.35. The van der Waals surface area contributed by atoms with Crippen LogP contribution in [0.15, 0.2) is 24.3 Å². The lowest BCUT2D eigenvalue weighted by Gasteiger charge is -2.43. The van der Waals surface area contributed by atoms with Crippen LogP contribution in [0, 0.1) is 22.6 Å². The maximum atomic E-state index is 13.4. The van der Waals surface area contributed by atoms with E-state index in [1.54, 1.807) is 6.07 Å². The molecule has 0 amide bonds. The zero-order valence-corrected chi connectivity index (χ0v) is 14.5. The van der Waals surface area contributed by atoms with E-state index in [-0.39, 0.29) is 5.82 Å². The molecule has 0 nitrogen and oxygen atoms in total. The summed E-state index contributed by atoms with van der Waals surface area (Å²) in [7, 11) is 0. The Labute approximate surface area is 131 Å². The van der Waals surface area contributed by atoms with E-state index < -0.39 is 0 Å². The normalized spacial score (nSPS) is 27.6. The average Bonchev–Trinajstić information content (AvgIpc) is 2.38. The van der Waals surface area contributed by atoms with Gasteiger partial charge >= 0.3 is 0 Å². The van der Waals surface area contributed by atoms with E-state index in [0.717, 1.165) is 23.2 Å². The first kappa shape index (κ1) is 16.0. The highest BCUT2D eigenvalue weighted by atomic mass is 79.9. The Morgan fingerprint density at radius 3 is 2.40 bits per heavy atom. The molecule has 1 aromatic carbocycles. The number of hydrogen-bond acceptors (Lipinski definition) is 0. The second-order valence-electron chi connectivity index (χ2n) is 7.58. The lowest BCUT2D eigenvalue weighted by molar-refractivity contribution is 0.103. The third-order valence-corrected chi connectivity index (χ3v) is 6.21. The van der Waals surface area contributed by atoms with Crippen LogP contribution in [0.3, 0.4) is 0 Å². The van der Waals surface area contributed by atoms with Gasteiger partial charge in [0.15, 0.2) is 0 Å². The topological polar surface area (TPSA) is 0 Å². The second-order valence-corrected chi connectivity index (χ2v) is 8.14. The number of benzene rings is 1. The zero-order valence-electron chi connectivity index (χ0n) is 12.9. The van der Waals surface area contributed by atoms with Crippen LogP contribution in [-0.2, 0) is 6.42 Å². The van der Waals surface area contributed by atoms with Gasteiger partial charge in [0.05, 0.1) is 0 Å². The Balaban J connectivity index is 2.05. The van der Waals surface area contributed by atoms with E-state index in [2.05, 4.69) is 42.8 Å². The van der Waals surface area contributed by atoms with Crippen molar-refractivity contribution in [1.29, 1.82) is 0 Å². The van der Waals surface area contributed by atoms with Crippen LogP contribution in [-0.4, -0.2) is 5.33 Å². The van der Waals surface area contributed by atoms with E-state index in [9.17, 15) is 4.39 Å². The van der Waals surface area contributed by atoms with Gasteiger partial charge in [-0.2, -0.15) is 0 Å². The molecule has 0 N–H and O–H groups in total. The van der Waals surface area contributed by atoms with Crippen molar-refractivity contribution in [2.45, 2.75) is 52.9 Å². The van der Waals surface area contributed by atoms with Crippen molar-refractivity contribution in [1.82, 2.24) is 0 Å². The molecule has 1 saturated carbocycles. The monoisotopic (exact) mass is 340 g/mol. The fraction of sp³-hybridized carbons (Fsp3) is 0.667. The van der Waals surface area contributed by atoms with Crippen LogP contribution in [0.4, 0.5) is 4.39 Å². The Bertz CT molecular complexity index is 439. The van der Waals surface area contributed by atoms with Gasteiger partial charge in [0.2, 0.25) is 0 Å². The van der Waals surface area contributed by atoms with Gasteiger partial charge in [-0.15, -0.1) is 0 Å². The van der Waals surface area contributed by atoms with Gasteiger partial charge in [-0.3, -0.25) is 0 Å². The molecule has 112 valence electrons. The molecule has 0 atom stereocenters. The standard InChI is InChI=1S/C18H26BrF/c1-17(2,3)15-7-9-18(13-19,10-8-15)12-14-5-4-6-16(20)11-14/h4-6,11,15H,7-10,12-13H2,1-3H3. The van der Waals surface area contributed by atoms with Gasteiger partial charge in [0, 0.05) is 5.33 Å². The summed E-state index contributed by atoms with van der Waals surface area (Å²) in [6.07, 6.45) is 6.08. The molecular weight excluding hydrogens is 315 g/mol. The first-order chi connectivity index (χ1) is 9.35. The Hall–Kier alpha value is -0.370. The fourth-order valence-electron chi connectivity index (χ4n) is 3.53. The third kappa shape index (κ3) is 3.84. The van der Waals surface area contributed by atoms with Crippen LogP contribution in [0.5, 0.6) is 0 Å². The summed E-state index contributed by atoms with van der Waals surface area (Å²) in [4.78, 5) is 0. The Morgan fingerprint density at radius 2 is 1.90 bits per heavy atom. The largest absolute Gasteiger partial charge is 0.207 e. The van der Waals surface area contributed by atoms with Crippen molar-refractivity contribution in [3.63, 3.8) is 0 Å². The van der Waals surface area contributed by atoms with Gasteiger partial charge in [-0.25, -0.2) is 4.39 Å². The summed E-state index contributed by atoms with van der Waals surface area (Å²) in [6.45, 7) is 7.06. The van der Waals surface area contributed by atoms with Gasteiger partial charge < -0.3 is 0 Å². The molecular formula is C18H26BrF. The molecule has 1 aromatic rings. The molecule has 2 heteroatoms. The molecule has 0 aromatic heterocycles. The van der Waals surface area contributed by atoms with E-state index >= 15 is 0 Å². The van der Waals surface area contributed by atoms with Crippen LogP contribution >= 0.6 is 15.9 Å². The quantitative estimate of drug-likeness (QED) is 0.593. The molecule has 0 spiro atoms. The molecule has 0 unspecified atom stereocenters. The molecule has 0 bridgehead atoms.